The van der Waals surface area contributed by atoms with Crippen molar-refractivity contribution in [3.8, 4) is 0 Å². The van der Waals surface area contributed by atoms with Crippen molar-refractivity contribution >= 4 is 17.7 Å². The summed E-state index contributed by atoms with van der Waals surface area (Å²) in [5.74, 6) is -0.517. The van der Waals surface area contributed by atoms with Gasteiger partial charge in [-0.05, 0) is 11.6 Å². The number of rotatable bonds is 5. The second-order valence-corrected chi connectivity index (χ2v) is 3.10. The van der Waals surface area contributed by atoms with E-state index in [0.717, 1.165) is 0 Å². The number of hydrogen-bond donors (Lipinski definition) is 0. The zero-order valence-electron chi connectivity index (χ0n) is 9.04. The fourth-order valence-electron chi connectivity index (χ4n) is 1.10. The maximum atomic E-state index is 11.1. The third kappa shape index (κ3) is 4.29. The van der Waals surface area contributed by atoms with E-state index in [4.69, 9.17) is 4.74 Å². The number of nitro benzene ring substituents is 1. The topological polar surface area (TPSA) is 69.4 Å². The molecule has 0 aliphatic heterocycles. The van der Waals surface area contributed by atoms with E-state index in [0.29, 0.717) is 5.56 Å². The third-order valence-electron chi connectivity index (χ3n) is 1.84. The summed E-state index contributed by atoms with van der Waals surface area (Å²) in [6, 6.07) is 5.96. The molecule has 0 N–H and O–H groups in total. The number of carbonyl (C=O) groups excluding carboxylic acids is 1. The van der Waals surface area contributed by atoms with Crippen molar-refractivity contribution in [3.05, 3.63) is 58.7 Å². The number of non-ortho nitro benzene ring substituents is 1. The van der Waals surface area contributed by atoms with E-state index in [9.17, 15) is 14.9 Å². The van der Waals surface area contributed by atoms with Crippen molar-refractivity contribution in [2.24, 2.45) is 0 Å². The summed E-state index contributed by atoms with van der Waals surface area (Å²) in [5, 5.41) is 10.5. The Bertz CT molecular complexity index is 465. The van der Waals surface area contributed by atoms with Gasteiger partial charge in [0.15, 0.2) is 0 Å². The largest absolute Gasteiger partial charge is 0.458 e. The quantitative estimate of drug-likeness (QED) is 0.257. The fourth-order valence-corrected chi connectivity index (χ4v) is 1.10. The van der Waals surface area contributed by atoms with E-state index >= 15 is 0 Å². The first-order chi connectivity index (χ1) is 8.13. The number of ether oxygens (including phenoxy) is 1. The van der Waals surface area contributed by atoms with Crippen LogP contribution in [0.15, 0.2) is 43.0 Å². The molecule has 88 valence electrons. The Morgan fingerprint density at radius 1 is 1.53 bits per heavy atom. The molecule has 0 saturated heterocycles. The lowest BCUT2D eigenvalue weighted by atomic mass is 10.2. The zero-order chi connectivity index (χ0) is 12.7. The van der Waals surface area contributed by atoms with Crippen LogP contribution < -0.4 is 0 Å². The lowest BCUT2D eigenvalue weighted by Gasteiger charge is -1.96. The summed E-state index contributed by atoms with van der Waals surface area (Å²) in [5.41, 5.74) is 0.543. The molecule has 0 radical (unpaired) electrons. The Morgan fingerprint density at radius 3 is 2.94 bits per heavy atom. The van der Waals surface area contributed by atoms with Crippen molar-refractivity contribution in [3.63, 3.8) is 0 Å². The first kappa shape index (κ1) is 12.6. The fraction of sp³-hybridized carbons (Fsp3) is 0.0833. The van der Waals surface area contributed by atoms with E-state index in [1.165, 1.54) is 30.4 Å². The van der Waals surface area contributed by atoms with Gasteiger partial charge in [-0.3, -0.25) is 10.1 Å². The molecule has 1 aromatic carbocycles. The highest BCUT2D eigenvalue weighted by Crippen LogP contribution is 2.14. The third-order valence-corrected chi connectivity index (χ3v) is 1.84. The highest BCUT2D eigenvalue weighted by atomic mass is 16.6. The number of benzene rings is 1. The first-order valence-corrected chi connectivity index (χ1v) is 4.83. The van der Waals surface area contributed by atoms with Crippen molar-refractivity contribution in [1.29, 1.82) is 0 Å². The molecule has 0 amide bonds. The normalized spacial score (nSPS) is 10.1. The molecular formula is C12H11NO4. The summed E-state index contributed by atoms with van der Waals surface area (Å²) in [7, 11) is 0. The van der Waals surface area contributed by atoms with Crippen LogP contribution in [0.5, 0.6) is 0 Å². The predicted octanol–water partition coefficient (Wildman–Crippen LogP) is 2.34. The molecule has 17 heavy (non-hydrogen) atoms. The van der Waals surface area contributed by atoms with Gasteiger partial charge in [-0.1, -0.05) is 24.8 Å². The van der Waals surface area contributed by atoms with Crippen molar-refractivity contribution in [2.45, 2.75) is 0 Å². The molecule has 0 aliphatic carbocycles. The van der Waals surface area contributed by atoms with Gasteiger partial charge in [0.25, 0.3) is 5.69 Å². The Balaban J connectivity index is 2.71. The molecule has 0 aromatic heterocycles. The SMILES string of the molecule is C=CCOC(=O)C=Cc1cccc([N+](=O)[O-])c1. The monoisotopic (exact) mass is 233 g/mol. The molecule has 0 aliphatic rings. The number of hydrogen-bond acceptors (Lipinski definition) is 4. The van der Waals surface area contributed by atoms with E-state index < -0.39 is 10.9 Å². The number of nitro groups is 1. The minimum Gasteiger partial charge on any atom is -0.458 e. The van der Waals surface area contributed by atoms with Crippen molar-refractivity contribution < 1.29 is 14.5 Å². The van der Waals surface area contributed by atoms with Crippen molar-refractivity contribution in [2.75, 3.05) is 6.61 Å². The molecule has 0 bridgehead atoms. The molecule has 0 saturated carbocycles. The Labute approximate surface area is 98.2 Å². The maximum Gasteiger partial charge on any atom is 0.331 e. The van der Waals surface area contributed by atoms with Crippen molar-refractivity contribution in [1.82, 2.24) is 0 Å². The molecule has 1 rings (SSSR count). The van der Waals surface area contributed by atoms with Crippen LogP contribution >= 0.6 is 0 Å². The van der Waals surface area contributed by atoms with Gasteiger partial charge in [-0.2, -0.15) is 0 Å². The average Bonchev–Trinajstić information content (AvgIpc) is 2.34. The molecular weight excluding hydrogens is 222 g/mol. The summed E-state index contributed by atoms with van der Waals surface area (Å²) in [6.45, 7) is 3.54. The van der Waals surface area contributed by atoms with E-state index in [1.807, 2.05) is 0 Å². The molecule has 5 nitrogen and oxygen atoms in total. The smallest absolute Gasteiger partial charge is 0.331 e. The zero-order valence-corrected chi connectivity index (χ0v) is 9.04. The van der Waals surface area contributed by atoms with Gasteiger partial charge in [0.1, 0.15) is 6.61 Å². The van der Waals surface area contributed by atoms with E-state index in [1.54, 1.807) is 12.1 Å². The Hall–Kier alpha value is -2.43. The number of esters is 1. The van der Waals surface area contributed by atoms with Gasteiger partial charge in [0.2, 0.25) is 0 Å². The predicted molar refractivity (Wildman–Crippen MR) is 63.3 cm³/mol. The molecule has 0 fully saturated rings. The lowest BCUT2D eigenvalue weighted by molar-refractivity contribution is -0.384. The van der Waals surface area contributed by atoms with Gasteiger partial charge in [-0.25, -0.2) is 4.79 Å². The highest BCUT2D eigenvalue weighted by molar-refractivity contribution is 5.87. The average molecular weight is 233 g/mol. The van der Waals surface area contributed by atoms with Crippen LogP contribution in [0.25, 0.3) is 6.08 Å². The van der Waals surface area contributed by atoms with Gasteiger partial charge in [-0.15, -0.1) is 0 Å². The van der Waals surface area contributed by atoms with E-state index in [2.05, 4.69) is 6.58 Å². The van der Waals surface area contributed by atoms with Crippen LogP contribution in [0.4, 0.5) is 5.69 Å². The van der Waals surface area contributed by atoms with Crippen LogP contribution in [0, 0.1) is 10.1 Å². The van der Waals surface area contributed by atoms with Crippen LogP contribution in [-0.4, -0.2) is 17.5 Å². The molecule has 0 heterocycles. The molecule has 0 atom stereocenters. The highest BCUT2D eigenvalue weighted by Gasteiger charge is 2.04. The summed E-state index contributed by atoms with van der Waals surface area (Å²) in [4.78, 5) is 21.1. The minimum absolute atomic E-state index is 0.0217. The maximum absolute atomic E-state index is 11.1. The van der Waals surface area contributed by atoms with Crippen LogP contribution in [0.2, 0.25) is 0 Å². The minimum atomic E-state index is -0.517. The van der Waals surface area contributed by atoms with Gasteiger partial charge in [0.05, 0.1) is 4.92 Å². The Kier molecular flexibility index (Phi) is 4.62. The first-order valence-electron chi connectivity index (χ1n) is 4.83. The molecule has 0 spiro atoms. The number of nitrogens with zero attached hydrogens (tertiary/aromatic N) is 1. The second kappa shape index (κ2) is 6.22. The van der Waals surface area contributed by atoms with Crippen LogP contribution in [0.1, 0.15) is 5.56 Å². The summed E-state index contributed by atoms with van der Waals surface area (Å²) >= 11 is 0. The van der Waals surface area contributed by atoms with Crippen LogP contribution in [-0.2, 0) is 9.53 Å². The standard InChI is InChI=1S/C12H11NO4/c1-2-8-17-12(14)7-6-10-4-3-5-11(9-10)13(15)16/h2-7,9H,1,8H2. The van der Waals surface area contributed by atoms with Gasteiger partial charge >= 0.3 is 5.97 Å². The van der Waals surface area contributed by atoms with Gasteiger partial charge in [0, 0.05) is 18.2 Å². The summed E-state index contributed by atoms with van der Waals surface area (Å²) < 4.78 is 4.71. The van der Waals surface area contributed by atoms with Crippen LogP contribution in [0.3, 0.4) is 0 Å². The number of carbonyl (C=O) groups is 1. The molecule has 5 heteroatoms. The second-order valence-electron chi connectivity index (χ2n) is 3.10. The molecule has 1 aromatic rings. The Morgan fingerprint density at radius 2 is 2.29 bits per heavy atom. The molecule has 0 unspecified atom stereocenters. The van der Waals surface area contributed by atoms with E-state index in [-0.39, 0.29) is 12.3 Å². The summed E-state index contributed by atoms with van der Waals surface area (Å²) in [6.07, 6.45) is 4.13. The lowest BCUT2D eigenvalue weighted by Crippen LogP contribution is -1.99. The van der Waals surface area contributed by atoms with Gasteiger partial charge < -0.3 is 4.74 Å².